The predicted molar refractivity (Wildman–Crippen MR) is 40.2 cm³/mol. The molecular weight excluding hydrogens is 164 g/mol. The van der Waals surface area contributed by atoms with E-state index in [9.17, 15) is 0 Å². The number of rotatable bonds is 0. The lowest BCUT2D eigenvalue weighted by molar-refractivity contribution is 1.05. The minimum absolute atomic E-state index is 0.576. The summed E-state index contributed by atoms with van der Waals surface area (Å²) in [6, 6.07) is 0. The van der Waals surface area contributed by atoms with Crippen molar-refractivity contribution in [2.75, 3.05) is 0 Å². The van der Waals surface area contributed by atoms with Crippen molar-refractivity contribution in [3.63, 3.8) is 0 Å². The van der Waals surface area contributed by atoms with Crippen LogP contribution in [0.1, 0.15) is 13.3 Å². The molecule has 0 aliphatic heterocycles. The third kappa shape index (κ3) is 1.48. The highest BCUT2D eigenvalue weighted by atomic mass is 79.9. The Morgan fingerprint density at radius 3 is 2.88 bits per heavy atom. The van der Waals surface area contributed by atoms with Gasteiger partial charge in [0.25, 0.3) is 0 Å². The van der Waals surface area contributed by atoms with Gasteiger partial charge < -0.3 is 0 Å². The summed E-state index contributed by atoms with van der Waals surface area (Å²) in [6.07, 6.45) is 7.70. The van der Waals surface area contributed by atoms with E-state index < -0.39 is 0 Å². The summed E-state index contributed by atoms with van der Waals surface area (Å²) >= 11 is 3.50. The Labute approximate surface area is 58.4 Å². The van der Waals surface area contributed by atoms with Gasteiger partial charge in [0.05, 0.1) is 0 Å². The molecule has 0 aromatic rings. The maximum atomic E-state index is 3.50. The summed E-state index contributed by atoms with van der Waals surface area (Å²) in [6.45, 7) is 2.12. The number of hydrogen-bond donors (Lipinski definition) is 0. The van der Waals surface area contributed by atoms with Crippen LogP contribution < -0.4 is 0 Å². The fourth-order valence-electron chi connectivity index (χ4n) is 0.793. The van der Waals surface area contributed by atoms with Crippen molar-refractivity contribution in [3.8, 4) is 0 Å². The number of allylic oxidation sites excluding steroid dienone is 4. The molecule has 1 aliphatic carbocycles. The molecule has 1 aliphatic rings. The highest BCUT2D eigenvalue weighted by molar-refractivity contribution is 9.09. The summed E-state index contributed by atoms with van der Waals surface area (Å²) in [7, 11) is 0. The zero-order chi connectivity index (χ0) is 5.98. The zero-order valence-corrected chi connectivity index (χ0v) is 6.48. The van der Waals surface area contributed by atoms with E-state index in [2.05, 4.69) is 41.1 Å². The molecule has 1 unspecified atom stereocenters. The number of halogens is 1. The van der Waals surface area contributed by atoms with Gasteiger partial charge in [-0.05, 0) is 13.3 Å². The van der Waals surface area contributed by atoms with E-state index >= 15 is 0 Å². The summed E-state index contributed by atoms with van der Waals surface area (Å²) in [5, 5.41) is 0. The lowest BCUT2D eigenvalue weighted by atomic mass is 10.1. The van der Waals surface area contributed by atoms with E-state index in [1.54, 1.807) is 0 Å². The van der Waals surface area contributed by atoms with E-state index in [-0.39, 0.29) is 0 Å². The Morgan fingerprint density at radius 2 is 2.50 bits per heavy atom. The first-order chi connectivity index (χ1) is 3.79. The Hall–Kier alpha value is -0.0400. The molecule has 0 amide bonds. The van der Waals surface area contributed by atoms with Gasteiger partial charge in [-0.2, -0.15) is 0 Å². The molecule has 0 heterocycles. The molecule has 0 spiro atoms. The molecule has 0 aromatic heterocycles. The summed E-state index contributed by atoms with van der Waals surface area (Å²) in [4.78, 5) is 0.576. The van der Waals surface area contributed by atoms with Crippen LogP contribution in [0.25, 0.3) is 0 Å². The van der Waals surface area contributed by atoms with Gasteiger partial charge in [0.1, 0.15) is 0 Å². The number of hydrogen-bond acceptors (Lipinski definition) is 0. The van der Waals surface area contributed by atoms with Crippen LogP contribution in [0.15, 0.2) is 23.8 Å². The Bertz CT molecular complexity index is 133. The highest BCUT2D eigenvalue weighted by Gasteiger charge is 2.00. The molecule has 8 heavy (non-hydrogen) atoms. The van der Waals surface area contributed by atoms with Crippen molar-refractivity contribution in [2.45, 2.75) is 18.2 Å². The molecule has 1 rings (SSSR count). The van der Waals surface area contributed by atoms with Gasteiger partial charge in [0.2, 0.25) is 0 Å². The molecule has 44 valence electrons. The van der Waals surface area contributed by atoms with Crippen molar-refractivity contribution < 1.29 is 0 Å². The second kappa shape index (κ2) is 2.49. The van der Waals surface area contributed by atoms with Gasteiger partial charge in [-0.1, -0.05) is 39.7 Å². The van der Waals surface area contributed by atoms with Gasteiger partial charge in [-0.15, -0.1) is 0 Å². The molecule has 0 bridgehead atoms. The highest BCUT2D eigenvalue weighted by Crippen LogP contribution is 2.15. The summed E-state index contributed by atoms with van der Waals surface area (Å²) in [5.74, 6) is 0. The van der Waals surface area contributed by atoms with E-state index in [0.29, 0.717) is 4.83 Å². The van der Waals surface area contributed by atoms with Gasteiger partial charge in [0, 0.05) is 4.83 Å². The smallest absolute Gasteiger partial charge is 0.0365 e. The fourth-order valence-corrected chi connectivity index (χ4v) is 1.43. The van der Waals surface area contributed by atoms with Crippen LogP contribution in [0, 0.1) is 0 Å². The SMILES string of the molecule is CC1=CC(Br)CC=C1. The van der Waals surface area contributed by atoms with Crippen molar-refractivity contribution in [3.05, 3.63) is 23.8 Å². The predicted octanol–water partition coefficient (Wildman–Crippen LogP) is 2.66. The summed E-state index contributed by atoms with van der Waals surface area (Å²) in [5.41, 5.74) is 1.36. The standard InChI is InChI=1S/C7H9Br/c1-6-3-2-4-7(8)5-6/h2-3,5,7H,4H2,1H3. The van der Waals surface area contributed by atoms with Crippen LogP contribution in [0.5, 0.6) is 0 Å². The molecule has 0 nitrogen and oxygen atoms in total. The first-order valence-corrected chi connectivity index (χ1v) is 3.69. The van der Waals surface area contributed by atoms with Gasteiger partial charge in [0.15, 0.2) is 0 Å². The Morgan fingerprint density at radius 1 is 1.75 bits per heavy atom. The second-order valence-corrected chi connectivity index (χ2v) is 3.24. The van der Waals surface area contributed by atoms with Crippen LogP contribution in [0.2, 0.25) is 0 Å². The van der Waals surface area contributed by atoms with E-state index in [1.807, 2.05) is 0 Å². The minimum atomic E-state index is 0.576. The van der Waals surface area contributed by atoms with Crippen LogP contribution in [-0.2, 0) is 0 Å². The van der Waals surface area contributed by atoms with Crippen LogP contribution >= 0.6 is 15.9 Å². The molecule has 0 fully saturated rings. The molecule has 0 radical (unpaired) electrons. The topological polar surface area (TPSA) is 0 Å². The Balaban J connectivity index is 2.63. The zero-order valence-electron chi connectivity index (χ0n) is 4.89. The van der Waals surface area contributed by atoms with E-state index in [1.165, 1.54) is 5.57 Å². The first kappa shape index (κ1) is 6.09. The van der Waals surface area contributed by atoms with Crippen molar-refractivity contribution in [2.24, 2.45) is 0 Å². The van der Waals surface area contributed by atoms with Crippen LogP contribution in [0.4, 0.5) is 0 Å². The fraction of sp³-hybridized carbons (Fsp3) is 0.429. The quantitative estimate of drug-likeness (QED) is 0.494. The maximum Gasteiger partial charge on any atom is 0.0365 e. The van der Waals surface area contributed by atoms with Crippen LogP contribution in [-0.4, -0.2) is 4.83 Å². The molecule has 1 atom stereocenters. The largest absolute Gasteiger partial charge is 0.0842 e. The lowest BCUT2D eigenvalue weighted by Gasteiger charge is -2.05. The molecule has 1 heteroatoms. The van der Waals surface area contributed by atoms with E-state index in [0.717, 1.165) is 6.42 Å². The van der Waals surface area contributed by atoms with Crippen molar-refractivity contribution in [1.82, 2.24) is 0 Å². The van der Waals surface area contributed by atoms with Crippen molar-refractivity contribution in [1.29, 1.82) is 0 Å². The average Bonchev–Trinajstić information content (AvgIpc) is 1.64. The first-order valence-electron chi connectivity index (χ1n) is 2.78. The van der Waals surface area contributed by atoms with Gasteiger partial charge in [-0.3, -0.25) is 0 Å². The third-order valence-electron chi connectivity index (χ3n) is 1.19. The molecular formula is C7H9Br. The van der Waals surface area contributed by atoms with Crippen LogP contribution in [0.3, 0.4) is 0 Å². The molecule has 0 N–H and O–H groups in total. The summed E-state index contributed by atoms with van der Waals surface area (Å²) < 4.78 is 0. The van der Waals surface area contributed by atoms with Gasteiger partial charge >= 0.3 is 0 Å². The number of alkyl halides is 1. The Kier molecular flexibility index (Phi) is 1.90. The molecule has 0 aromatic carbocycles. The van der Waals surface area contributed by atoms with Crippen molar-refractivity contribution >= 4 is 15.9 Å². The minimum Gasteiger partial charge on any atom is -0.0842 e. The monoisotopic (exact) mass is 172 g/mol. The maximum absolute atomic E-state index is 3.50. The average molecular weight is 173 g/mol. The normalized spacial score (nSPS) is 27.8. The molecule has 0 saturated heterocycles. The second-order valence-electron chi connectivity index (χ2n) is 2.06. The third-order valence-corrected chi connectivity index (χ3v) is 1.82. The molecule has 0 saturated carbocycles. The lowest BCUT2D eigenvalue weighted by Crippen LogP contribution is -1.94. The van der Waals surface area contributed by atoms with E-state index in [4.69, 9.17) is 0 Å². The van der Waals surface area contributed by atoms with Gasteiger partial charge in [-0.25, -0.2) is 0 Å².